The van der Waals surface area contributed by atoms with Crippen LogP contribution in [0.3, 0.4) is 0 Å². The molecule has 3 rings (SSSR count). The average molecular weight is 391 g/mol. The van der Waals surface area contributed by atoms with Gasteiger partial charge >= 0.3 is 0 Å². The molecule has 6 heteroatoms. The van der Waals surface area contributed by atoms with E-state index in [4.69, 9.17) is 23.2 Å². The van der Waals surface area contributed by atoms with Crippen LogP contribution < -0.4 is 10.6 Å². The van der Waals surface area contributed by atoms with E-state index >= 15 is 0 Å². The molecule has 2 N–H and O–H groups in total. The number of amides is 2. The Morgan fingerprint density at radius 1 is 1.00 bits per heavy atom. The summed E-state index contributed by atoms with van der Waals surface area (Å²) in [6.45, 7) is 0.817. The monoisotopic (exact) mass is 390 g/mol. The lowest BCUT2D eigenvalue weighted by Crippen LogP contribution is -2.31. The molecular formula is C20H20Cl2N2O2. The molecule has 136 valence electrons. The smallest absolute Gasteiger partial charge is 0.223 e. The van der Waals surface area contributed by atoms with Crippen LogP contribution in [0.4, 0.5) is 0 Å². The highest BCUT2D eigenvalue weighted by Gasteiger charge is 2.44. The first-order valence-corrected chi connectivity index (χ1v) is 9.34. The van der Waals surface area contributed by atoms with Crippen LogP contribution in [-0.2, 0) is 16.1 Å². The summed E-state index contributed by atoms with van der Waals surface area (Å²) in [4.78, 5) is 24.1. The molecule has 0 spiro atoms. The number of carbonyl (C=O) groups is 2. The number of carbonyl (C=O) groups excluding carboxylic acids is 2. The highest BCUT2D eigenvalue weighted by molar-refractivity contribution is 6.42. The summed E-state index contributed by atoms with van der Waals surface area (Å²) in [5, 5.41) is 6.70. The minimum atomic E-state index is -0.0988. The maximum Gasteiger partial charge on any atom is 0.223 e. The van der Waals surface area contributed by atoms with Crippen molar-refractivity contribution in [3.8, 4) is 0 Å². The minimum absolute atomic E-state index is 0.0399. The molecule has 1 aliphatic rings. The van der Waals surface area contributed by atoms with Gasteiger partial charge in [-0.15, -0.1) is 0 Å². The van der Waals surface area contributed by atoms with E-state index in [0.717, 1.165) is 17.5 Å². The van der Waals surface area contributed by atoms with Crippen LogP contribution in [0.25, 0.3) is 0 Å². The molecule has 1 aliphatic carbocycles. The van der Waals surface area contributed by atoms with Crippen LogP contribution in [0.5, 0.6) is 0 Å². The Morgan fingerprint density at radius 3 is 2.54 bits per heavy atom. The van der Waals surface area contributed by atoms with Crippen molar-refractivity contribution in [2.75, 3.05) is 6.54 Å². The Hall–Kier alpha value is -2.04. The Morgan fingerprint density at radius 2 is 1.77 bits per heavy atom. The van der Waals surface area contributed by atoms with Gasteiger partial charge in [0.25, 0.3) is 0 Å². The zero-order valence-electron chi connectivity index (χ0n) is 14.2. The van der Waals surface area contributed by atoms with Gasteiger partial charge in [-0.3, -0.25) is 9.59 Å². The molecule has 2 aromatic carbocycles. The summed E-state index contributed by atoms with van der Waals surface area (Å²) in [6, 6.07) is 15.2. The number of hydrogen-bond donors (Lipinski definition) is 2. The summed E-state index contributed by atoms with van der Waals surface area (Å²) < 4.78 is 0. The summed E-state index contributed by atoms with van der Waals surface area (Å²) in [5.41, 5.74) is 1.96. The van der Waals surface area contributed by atoms with Gasteiger partial charge < -0.3 is 10.6 Å². The minimum Gasteiger partial charge on any atom is -0.355 e. The van der Waals surface area contributed by atoms with Gasteiger partial charge in [-0.2, -0.15) is 0 Å². The maximum atomic E-state index is 12.2. The maximum absolute atomic E-state index is 12.2. The van der Waals surface area contributed by atoms with E-state index in [9.17, 15) is 9.59 Å². The lowest BCUT2D eigenvalue weighted by molar-refractivity contribution is -0.123. The molecule has 0 heterocycles. The van der Waals surface area contributed by atoms with Crippen LogP contribution in [0.2, 0.25) is 10.0 Å². The van der Waals surface area contributed by atoms with Crippen LogP contribution in [0.15, 0.2) is 48.5 Å². The van der Waals surface area contributed by atoms with Crippen molar-refractivity contribution in [3.63, 3.8) is 0 Å². The average Bonchev–Trinajstić information content (AvgIpc) is 3.44. The summed E-state index contributed by atoms with van der Waals surface area (Å²) in [7, 11) is 0. The fraction of sp³-hybridized carbons (Fsp3) is 0.300. The fourth-order valence-corrected chi connectivity index (χ4v) is 3.40. The highest BCUT2D eigenvalue weighted by Crippen LogP contribution is 2.50. The third-order valence-electron chi connectivity index (χ3n) is 4.49. The predicted octanol–water partition coefficient (Wildman–Crippen LogP) is 3.92. The SMILES string of the molecule is O=C(CCNC(=O)C1CC1c1cccc(Cl)c1Cl)NCc1ccccc1. The quantitative estimate of drug-likeness (QED) is 0.752. The predicted molar refractivity (Wildman–Crippen MR) is 103 cm³/mol. The topological polar surface area (TPSA) is 58.2 Å². The van der Waals surface area contributed by atoms with Gasteiger partial charge in [0.15, 0.2) is 0 Å². The highest BCUT2D eigenvalue weighted by atomic mass is 35.5. The second-order valence-corrected chi connectivity index (χ2v) is 7.18. The van der Waals surface area contributed by atoms with Crippen molar-refractivity contribution in [2.24, 2.45) is 5.92 Å². The Labute approximate surface area is 162 Å². The Kier molecular flexibility index (Phi) is 6.17. The number of rotatable bonds is 7. The fourth-order valence-electron chi connectivity index (χ4n) is 2.95. The van der Waals surface area contributed by atoms with Gasteiger partial charge in [0.2, 0.25) is 11.8 Å². The molecule has 0 aromatic heterocycles. The third-order valence-corrected chi connectivity index (χ3v) is 5.33. The number of hydrogen-bond acceptors (Lipinski definition) is 2. The van der Waals surface area contributed by atoms with E-state index < -0.39 is 0 Å². The first kappa shape index (κ1) is 18.7. The summed E-state index contributed by atoms with van der Waals surface area (Å²) >= 11 is 12.2. The van der Waals surface area contributed by atoms with Crippen LogP contribution >= 0.6 is 23.2 Å². The molecule has 0 aliphatic heterocycles. The Balaban J connectivity index is 1.38. The van der Waals surface area contributed by atoms with Crippen molar-refractivity contribution in [2.45, 2.75) is 25.3 Å². The Bertz CT molecular complexity index is 796. The largest absolute Gasteiger partial charge is 0.355 e. The number of halogens is 2. The first-order valence-electron chi connectivity index (χ1n) is 8.58. The molecule has 4 nitrogen and oxygen atoms in total. The van der Waals surface area contributed by atoms with Crippen molar-refractivity contribution in [1.29, 1.82) is 0 Å². The molecule has 2 unspecified atom stereocenters. The number of nitrogens with one attached hydrogen (secondary N) is 2. The van der Waals surface area contributed by atoms with Crippen molar-refractivity contribution >= 4 is 35.0 Å². The van der Waals surface area contributed by atoms with Crippen LogP contribution in [-0.4, -0.2) is 18.4 Å². The van der Waals surface area contributed by atoms with E-state index in [1.54, 1.807) is 6.07 Å². The van der Waals surface area contributed by atoms with Gasteiger partial charge in [0.1, 0.15) is 0 Å². The van der Waals surface area contributed by atoms with Gasteiger partial charge in [-0.1, -0.05) is 65.7 Å². The first-order chi connectivity index (χ1) is 12.6. The van der Waals surface area contributed by atoms with Crippen molar-refractivity contribution in [1.82, 2.24) is 10.6 Å². The van der Waals surface area contributed by atoms with E-state index in [0.29, 0.717) is 23.1 Å². The van der Waals surface area contributed by atoms with Gasteiger partial charge in [-0.25, -0.2) is 0 Å². The van der Waals surface area contributed by atoms with Crippen LogP contribution in [0, 0.1) is 5.92 Å². The third kappa shape index (κ3) is 4.77. The van der Waals surface area contributed by atoms with E-state index in [1.165, 1.54) is 0 Å². The standard InChI is InChI=1S/C20H20Cl2N2O2/c21-17-8-4-7-14(19(17)22)15-11-16(15)20(26)23-10-9-18(25)24-12-13-5-2-1-3-6-13/h1-8,15-16H,9-12H2,(H,23,26)(H,24,25). The van der Waals surface area contributed by atoms with Crippen molar-refractivity contribution < 1.29 is 9.59 Å². The van der Waals surface area contributed by atoms with Gasteiger partial charge in [0.05, 0.1) is 10.0 Å². The van der Waals surface area contributed by atoms with Gasteiger partial charge in [-0.05, 0) is 29.5 Å². The van der Waals surface area contributed by atoms with Crippen molar-refractivity contribution in [3.05, 3.63) is 69.7 Å². The second kappa shape index (κ2) is 8.56. The molecule has 2 aromatic rings. The molecule has 2 atom stereocenters. The normalized spacial score (nSPS) is 18.2. The van der Waals surface area contributed by atoms with Crippen LogP contribution in [0.1, 0.15) is 29.9 Å². The zero-order valence-corrected chi connectivity index (χ0v) is 15.7. The molecular weight excluding hydrogens is 371 g/mol. The zero-order chi connectivity index (χ0) is 18.5. The molecule has 0 saturated heterocycles. The van der Waals surface area contributed by atoms with E-state index in [-0.39, 0.29) is 30.1 Å². The summed E-state index contributed by atoms with van der Waals surface area (Å²) in [5.74, 6) is -0.118. The summed E-state index contributed by atoms with van der Waals surface area (Å²) in [6.07, 6.45) is 1.01. The van der Waals surface area contributed by atoms with E-state index in [2.05, 4.69) is 10.6 Å². The molecule has 1 fully saturated rings. The molecule has 0 radical (unpaired) electrons. The molecule has 2 amide bonds. The lowest BCUT2D eigenvalue weighted by Gasteiger charge is -2.08. The van der Waals surface area contributed by atoms with Gasteiger partial charge in [0, 0.05) is 25.4 Å². The second-order valence-electron chi connectivity index (χ2n) is 6.40. The molecule has 26 heavy (non-hydrogen) atoms. The van der Waals surface area contributed by atoms with E-state index in [1.807, 2.05) is 42.5 Å². The molecule has 1 saturated carbocycles. The lowest BCUT2D eigenvalue weighted by atomic mass is 10.1. The number of benzene rings is 2. The molecule has 0 bridgehead atoms.